The van der Waals surface area contributed by atoms with Crippen molar-refractivity contribution in [2.75, 3.05) is 13.2 Å². The minimum absolute atomic E-state index is 0.0225. The van der Waals surface area contributed by atoms with Crippen molar-refractivity contribution in [3.63, 3.8) is 0 Å². The van der Waals surface area contributed by atoms with E-state index in [0.29, 0.717) is 19.1 Å². The van der Waals surface area contributed by atoms with E-state index in [9.17, 15) is 4.79 Å². The van der Waals surface area contributed by atoms with Gasteiger partial charge in [0.1, 0.15) is 12.4 Å². The summed E-state index contributed by atoms with van der Waals surface area (Å²) < 4.78 is 5.61. The van der Waals surface area contributed by atoms with Gasteiger partial charge in [0.05, 0.1) is 6.54 Å². The first-order valence-electron chi connectivity index (χ1n) is 6.51. The molecule has 100 valence electrons. The lowest BCUT2D eigenvalue weighted by Crippen LogP contribution is -2.31. The van der Waals surface area contributed by atoms with Crippen LogP contribution in [0.2, 0.25) is 0 Å². The van der Waals surface area contributed by atoms with Crippen LogP contribution >= 0.6 is 0 Å². The molecule has 0 spiro atoms. The Balaban J connectivity index is 2.35. The summed E-state index contributed by atoms with van der Waals surface area (Å²) in [6, 6.07) is 8.08. The van der Waals surface area contributed by atoms with Crippen molar-refractivity contribution in [3.8, 4) is 5.75 Å². The van der Waals surface area contributed by atoms with Gasteiger partial charge in [-0.05, 0) is 23.6 Å². The number of carbonyl (C=O) groups is 1. The SMILES string of the molecule is CC(C)C(=O)NCCOc1cccc(C(C)C)c1. The van der Waals surface area contributed by atoms with Crippen molar-refractivity contribution >= 4 is 5.91 Å². The zero-order valence-electron chi connectivity index (χ0n) is 11.7. The number of benzene rings is 1. The molecule has 3 heteroatoms. The number of amides is 1. The van der Waals surface area contributed by atoms with E-state index in [1.807, 2.05) is 26.0 Å². The summed E-state index contributed by atoms with van der Waals surface area (Å²) in [4.78, 5) is 11.3. The van der Waals surface area contributed by atoms with Crippen molar-refractivity contribution in [2.24, 2.45) is 5.92 Å². The predicted molar refractivity (Wildman–Crippen MR) is 73.9 cm³/mol. The lowest BCUT2D eigenvalue weighted by Gasteiger charge is -2.11. The molecule has 1 aromatic carbocycles. The van der Waals surface area contributed by atoms with Crippen LogP contribution in [0.4, 0.5) is 0 Å². The zero-order valence-corrected chi connectivity index (χ0v) is 11.7. The zero-order chi connectivity index (χ0) is 13.5. The number of carbonyl (C=O) groups excluding carboxylic acids is 1. The van der Waals surface area contributed by atoms with Crippen molar-refractivity contribution in [1.82, 2.24) is 5.32 Å². The number of ether oxygens (including phenoxy) is 1. The predicted octanol–water partition coefficient (Wildman–Crippen LogP) is 2.96. The van der Waals surface area contributed by atoms with Gasteiger partial charge in [0.15, 0.2) is 0 Å². The molecule has 1 amide bonds. The monoisotopic (exact) mass is 249 g/mol. The lowest BCUT2D eigenvalue weighted by molar-refractivity contribution is -0.124. The molecule has 0 fully saturated rings. The van der Waals surface area contributed by atoms with Crippen LogP contribution < -0.4 is 10.1 Å². The van der Waals surface area contributed by atoms with Gasteiger partial charge in [-0.3, -0.25) is 4.79 Å². The highest BCUT2D eigenvalue weighted by Gasteiger charge is 2.05. The molecule has 18 heavy (non-hydrogen) atoms. The Morgan fingerprint density at radius 1 is 1.28 bits per heavy atom. The van der Waals surface area contributed by atoms with E-state index in [2.05, 4.69) is 31.3 Å². The first-order valence-corrected chi connectivity index (χ1v) is 6.51. The second-order valence-electron chi connectivity index (χ2n) is 5.02. The number of hydrogen-bond donors (Lipinski definition) is 1. The Hall–Kier alpha value is -1.51. The fourth-order valence-corrected chi connectivity index (χ4v) is 1.51. The van der Waals surface area contributed by atoms with Gasteiger partial charge in [0.25, 0.3) is 0 Å². The standard InChI is InChI=1S/C15H23NO2/c1-11(2)13-6-5-7-14(10-13)18-9-8-16-15(17)12(3)4/h5-7,10-12H,8-9H2,1-4H3,(H,16,17). The maximum atomic E-state index is 11.3. The van der Waals surface area contributed by atoms with Crippen molar-refractivity contribution < 1.29 is 9.53 Å². The van der Waals surface area contributed by atoms with E-state index in [0.717, 1.165) is 5.75 Å². The minimum atomic E-state index is 0.0225. The third-order valence-electron chi connectivity index (χ3n) is 2.72. The molecular formula is C15H23NO2. The number of hydrogen-bond acceptors (Lipinski definition) is 2. The quantitative estimate of drug-likeness (QED) is 0.787. The van der Waals surface area contributed by atoms with Gasteiger partial charge < -0.3 is 10.1 Å². The minimum Gasteiger partial charge on any atom is -0.492 e. The van der Waals surface area contributed by atoms with E-state index in [-0.39, 0.29) is 11.8 Å². The Labute approximate surface area is 110 Å². The van der Waals surface area contributed by atoms with Crippen LogP contribution in [0.15, 0.2) is 24.3 Å². The van der Waals surface area contributed by atoms with Gasteiger partial charge in [-0.1, -0.05) is 39.8 Å². The van der Waals surface area contributed by atoms with E-state index in [1.54, 1.807) is 0 Å². The summed E-state index contributed by atoms with van der Waals surface area (Å²) in [5.41, 5.74) is 1.26. The molecule has 1 N–H and O–H groups in total. The molecule has 0 aliphatic carbocycles. The van der Waals surface area contributed by atoms with Crippen LogP contribution in [0.1, 0.15) is 39.2 Å². The maximum absolute atomic E-state index is 11.3. The van der Waals surface area contributed by atoms with Crippen LogP contribution in [-0.2, 0) is 4.79 Å². The Morgan fingerprint density at radius 3 is 2.61 bits per heavy atom. The summed E-state index contributed by atoms with van der Waals surface area (Å²) >= 11 is 0. The highest BCUT2D eigenvalue weighted by Crippen LogP contribution is 2.19. The van der Waals surface area contributed by atoms with Gasteiger partial charge in [0.2, 0.25) is 5.91 Å². The third-order valence-corrected chi connectivity index (χ3v) is 2.72. The van der Waals surface area contributed by atoms with Crippen LogP contribution in [-0.4, -0.2) is 19.1 Å². The Morgan fingerprint density at radius 2 is 2.00 bits per heavy atom. The lowest BCUT2D eigenvalue weighted by atomic mass is 10.0. The fraction of sp³-hybridized carbons (Fsp3) is 0.533. The number of nitrogens with one attached hydrogen (secondary N) is 1. The molecule has 0 bridgehead atoms. The summed E-state index contributed by atoms with van der Waals surface area (Å²) in [7, 11) is 0. The molecule has 0 unspecified atom stereocenters. The molecular weight excluding hydrogens is 226 g/mol. The smallest absolute Gasteiger partial charge is 0.222 e. The van der Waals surface area contributed by atoms with E-state index < -0.39 is 0 Å². The van der Waals surface area contributed by atoms with Crippen molar-refractivity contribution in [3.05, 3.63) is 29.8 Å². The Bertz CT molecular complexity index is 386. The molecule has 0 heterocycles. The second kappa shape index (κ2) is 7.04. The highest BCUT2D eigenvalue weighted by atomic mass is 16.5. The van der Waals surface area contributed by atoms with E-state index >= 15 is 0 Å². The van der Waals surface area contributed by atoms with Crippen LogP contribution in [0.25, 0.3) is 0 Å². The second-order valence-corrected chi connectivity index (χ2v) is 5.02. The molecule has 0 aliphatic rings. The molecule has 1 aromatic rings. The van der Waals surface area contributed by atoms with Crippen LogP contribution in [0.3, 0.4) is 0 Å². The van der Waals surface area contributed by atoms with Crippen LogP contribution in [0.5, 0.6) is 5.75 Å². The summed E-state index contributed by atoms with van der Waals surface area (Å²) in [5.74, 6) is 1.44. The topological polar surface area (TPSA) is 38.3 Å². The molecule has 0 aromatic heterocycles. The third kappa shape index (κ3) is 4.78. The highest BCUT2D eigenvalue weighted by molar-refractivity contribution is 5.77. The summed E-state index contributed by atoms with van der Waals surface area (Å²) in [6.07, 6.45) is 0. The summed E-state index contributed by atoms with van der Waals surface area (Å²) in [6.45, 7) is 9.11. The average molecular weight is 249 g/mol. The van der Waals surface area contributed by atoms with Gasteiger partial charge in [-0.15, -0.1) is 0 Å². The van der Waals surface area contributed by atoms with Gasteiger partial charge in [0, 0.05) is 5.92 Å². The molecule has 1 rings (SSSR count). The fourth-order valence-electron chi connectivity index (χ4n) is 1.51. The maximum Gasteiger partial charge on any atom is 0.222 e. The van der Waals surface area contributed by atoms with Crippen molar-refractivity contribution in [1.29, 1.82) is 0 Å². The molecule has 0 atom stereocenters. The summed E-state index contributed by atoms with van der Waals surface area (Å²) in [5, 5.41) is 2.83. The van der Waals surface area contributed by atoms with Crippen LogP contribution in [0, 0.1) is 5.92 Å². The van der Waals surface area contributed by atoms with Gasteiger partial charge in [-0.25, -0.2) is 0 Å². The number of rotatable bonds is 6. The van der Waals surface area contributed by atoms with E-state index in [1.165, 1.54) is 5.56 Å². The molecule has 0 aliphatic heterocycles. The molecule has 0 saturated carbocycles. The molecule has 0 radical (unpaired) electrons. The van der Waals surface area contributed by atoms with Gasteiger partial charge >= 0.3 is 0 Å². The first kappa shape index (κ1) is 14.6. The average Bonchev–Trinajstić information content (AvgIpc) is 2.34. The van der Waals surface area contributed by atoms with Crippen molar-refractivity contribution in [2.45, 2.75) is 33.6 Å². The molecule has 0 saturated heterocycles. The normalized spacial score (nSPS) is 10.8. The van der Waals surface area contributed by atoms with Gasteiger partial charge in [-0.2, -0.15) is 0 Å². The largest absolute Gasteiger partial charge is 0.492 e. The first-order chi connectivity index (χ1) is 8.50. The Kier molecular flexibility index (Phi) is 5.69. The van der Waals surface area contributed by atoms with E-state index in [4.69, 9.17) is 4.74 Å². The molecule has 3 nitrogen and oxygen atoms in total.